The van der Waals surface area contributed by atoms with Gasteiger partial charge in [0.2, 0.25) is 17.7 Å². The number of imidazole rings is 1. The van der Waals surface area contributed by atoms with E-state index in [1.807, 2.05) is 42.5 Å². The second-order valence-electron chi connectivity index (χ2n) is 14.1. The molecule has 4 N–H and O–H groups in total. The molecule has 3 amide bonds. The summed E-state index contributed by atoms with van der Waals surface area (Å²) in [5.41, 5.74) is 1.57. The number of aromatic amines is 1. The molecule has 2 aliphatic rings. The van der Waals surface area contributed by atoms with E-state index in [2.05, 4.69) is 20.6 Å². The third-order valence-electron chi connectivity index (χ3n) is 10.4. The summed E-state index contributed by atoms with van der Waals surface area (Å²) in [6, 6.07) is 15.2. The standard InChI is InChI=1S/C40H49N5O7/c1-26(46)35-14-15-36(52-35)38(48)33(20-27-8-3-2-4-9-27)43-40(50)34(23-31-24-41-25-42-31)44-39(49)30(22-37(47)45-16-18-51-19-17-45)21-29-12-7-11-28-10-5-6-13-32(28)29/h5-7,10-15,24-25,27,30,33-34,38,48H,2-4,8-9,16-23H2,1H3,(H,41,42)(H,43,50)(H,44,49)/t30-,33-,34+,38+/m1/s1. The third kappa shape index (κ3) is 9.54. The van der Waals surface area contributed by atoms with Gasteiger partial charge < -0.3 is 34.8 Å². The maximum atomic E-state index is 14.4. The summed E-state index contributed by atoms with van der Waals surface area (Å²) in [5.74, 6) is -1.47. The first-order chi connectivity index (χ1) is 25.2. The molecule has 1 aliphatic carbocycles. The number of H-pyrrole nitrogens is 1. The van der Waals surface area contributed by atoms with Crippen LogP contribution in [-0.4, -0.2) is 81.9 Å². The smallest absolute Gasteiger partial charge is 0.243 e. The van der Waals surface area contributed by atoms with Crippen molar-refractivity contribution < 1.29 is 33.4 Å². The average molecular weight is 712 g/mol. The highest BCUT2D eigenvalue weighted by atomic mass is 16.5. The van der Waals surface area contributed by atoms with E-state index in [0.717, 1.165) is 48.4 Å². The van der Waals surface area contributed by atoms with Gasteiger partial charge >= 0.3 is 0 Å². The monoisotopic (exact) mass is 711 g/mol. The molecule has 0 unspecified atom stereocenters. The minimum absolute atomic E-state index is 0.0343. The number of nitrogens with zero attached hydrogens (tertiary/aromatic N) is 2. The van der Waals surface area contributed by atoms with Crippen molar-refractivity contribution in [3.05, 3.63) is 89.9 Å². The molecule has 12 heteroatoms. The molecule has 1 saturated heterocycles. The number of hydrogen-bond acceptors (Lipinski definition) is 8. The number of aliphatic hydroxyl groups is 1. The van der Waals surface area contributed by atoms with Crippen LogP contribution in [0.4, 0.5) is 0 Å². The van der Waals surface area contributed by atoms with Crippen LogP contribution in [0.3, 0.4) is 0 Å². The summed E-state index contributed by atoms with van der Waals surface area (Å²) in [5, 5.41) is 19.6. The van der Waals surface area contributed by atoms with Crippen LogP contribution in [0.15, 0.2) is 71.5 Å². The molecule has 1 saturated carbocycles. The number of aromatic nitrogens is 2. The molecule has 1 aliphatic heterocycles. The zero-order valence-corrected chi connectivity index (χ0v) is 29.7. The van der Waals surface area contributed by atoms with Gasteiger partial charge in [-0.2, -0.15) is 0 Å². The fourth-order valence-corrected chi connectivity index (χ4v) is 7.49. The third-order valence-corrected chi connectivity index (χ3v) is 10.4. The number of morpholine rings is 1. The lowest BCUT2D eigenvalue weighted by Gasteiger charge is -2.31. The maximum Gasteiger partial charge on any atom is 0.243 e. The van der Waals surface area contributed by atoms with Gasteiger partial charge in [-0.15, -0.1) is 0 Å². The van der Waals surface area contributed by atoms with Crippen molar-refractivity contribution in [2.75, 3.05) is 26.3 Å². The lowest BCUT2D eigenvalue weighted by atomic mass is 9.83. The van der Waals surface area contributed by atoms with Crippen LogP contribution < -0.4 is 10.6 Å². The molecule has 0 spiro atoms. The van der Waals surface area contributed by atoms with Crippen LogP contribution in [0.25, 0.3) is 10.8 Å². The van der Waals surface area contributed by atoms with E-state index in [1.54, 1.807) is 17.2 Å². The zero-order chi connectivity index (χ0) is 36.5. The number of Topliss-reactive ketones (excluding diaryl/α,β-unsaturated/α-hetero) is 1. The van der Waals surface area contributed by atoms with Crippen LogP contribution in [0.5, 0.6) is 0 Å². The number of carbonyl (C=O) groups is 4. The largest absolute Gasteiger partial charge is 0.455 e. The summed E-state index contributed by atoms with van der Waals surface area (Å²) in [6.45, 7) is 3.20. The molecule has 12 nitrogen and oxygen atoms in total. The Balaban J connectivity index is 1.25. The second kappa shape index (κ2) is 17.6. The van der Waals surface area contributed by atoms with Crippen LogP contribution >= 0.6 is 0 Å². The Labute approximate surface area is 303 Å². The van der Waals surface area contributed by atoms with Gasteiger partial charge in [-0.05, 0) is 47.2 Å². The van der Waals surface area contributed by atoms with Gasteiger partial charge in [-0.25, -0.2) is 4.98 Å². The van der Waals surface area contributed by atoms with Crippen LogP contribution in [0, 0.1) is 11.8 Å². The van der Waals surface area contributed by atoms with Gasteiger partial charge in [0.05, 0.1) is 31.5 Å². The second-order valence-corrected chi connectivity index (χ2v) is 14.1. The van der Waals surface area contributed by atoms with Crippen molar-refractivity contribution in [3.63, 3.8) is 0 Å². The summed E-state index contributed by atoms with van der Waals surface area (Å²) in [7, 11) is 0. The highest BCUT2D eigenvalue weighted by molar-refractivity contribution is 5.92. The Kier molecular flexibility index (Phi) is 12.5. The predicted octanol–water partition coefficient (Wildman–Crippen LogP) is 4.68. The quantitative estimate of drug-likeness (QED) is 0.129. The number of ketones is 1. The molecule has 4 atom stereocenters. The number of rotatable bonds is 15. The maximum absolute atomic E-state index is 14.4. The molecule has 52 heavy (non-hydrogen) atoms. The summed E-state index contributed by atoms with van der Waals surface area (Å²) in [4.78, 5) is 63.0. The van der Waals surface area contributed by atoms with Crippen molar-refractivity contribution in [3.8, 4) is 0 Å². The Morgan fingerprint density at radius 1 is 0.942 bits per heavy atom. The number of hydrogen-bond donors (Lipinski definition) is 4. The molecule has 2 aromatic carbocycles. The molecule has 276 valence electrons. The van der Waals surface area contributed by atoms with Crippen LogP contribution in [0.2, 0.25) is 0 Å². The molecular formula is C40H49N5O7. The molecule has 2 aromatic heterocycles. The van der Waals surface area contributed by atoms with Gasteiger partial charge in [0.1, 0.15) is 17.9 Å². The van der Waals surface area contributed by atoms with E-state index >= 15 is 0 Å². The number of fused-ring (bicyclic) bond motifs is 1. The fourth-order valence-electron chi connectivity index (χ4n) is 7.49. The van der Waals surface area contributed by atoms with Gasteiger partial charge in [0, 0.05) is 44.7 Å². The number of amides is 3. The van der Waals surface area contributed by atoms with Crippen molar-refractivity contribution in [2.45, 2.75) is 82.9 Å². The van der Waals surface area contributed by atoms with E-state index in [9.17, 15) is 24.3 Å². The first-order valence-electron chi connectivity index (χ1n) is 18.4. The first-order valence-corrected chi connectivity index (χ1v) is 18.4. The summed E-state index contributed by atoms with van der Waals surface area (Å²) >= 11 is 0. The van der Waals surface area contributed by atoms with E-state index < -0.39 is 35.9 Å². The van der Waals surface area contributed by atoms with Crippen LogP contribution in [0.1, 0.15) is 85.5 Å². The van der Waals surface area contributed by atoms with E-state index in [4.69, 9.17) is 9.15 Å². The number of aliphatic hydroxyl groups excluding tert-OH is 1. The number of ether oxygens (including phenoxy) is 1. The van der Waals surface area contributed by atoms with Gasteiger partial charge in [0.15, 0.2) is 11.5 Å². The van der Waals surface area contributed by atoms with E-state index in [1.165, 1.54) is 19.3 Å². The Morgan fingerprint density at radius 2 is 1.71 bits per heavy atom. The molecule has 0 radical (unpaired) electrons. The normalized spacial score (nSPS) is 17.6. The fraction of sp³-hybridized carbons (Fsp3) is 0.475. The Morgan fingerprint density at radius 3 is 2.44 bits per heavy atom. The lowest BCUT2D eigenvalue weighted by Crippen LogP contribution is -2.54. The molecule has 6 rings (SSSR count). The predicted molar refractivity (Wildman–Crippen MR) is 194 cm³/mol. The topological polar surface area (TPSA) is 167 Å². The minimum Gasteiger partial charge on any atom is -0.455 e. The average Bonchev–Trinajstić information content (AvgIpc) is 3.88. The van der Waals surface area contributed by atoms with Gasteiger partial charge in [-0.1, -0.05) is 74.6 Å². The molecule has 3 heterocycles. The first kappa shape index (κ1) is 37.0. The molecule has 0 bridgehead atoms. The summed E-state index contributed by atoms with van der Waals surface area (Å²) in [6.07, 6.45) is 8.05. The highest BCUT2D eigenvalue weighted by Crippen LogP contribution is 2.32. The number of furan rings is 1. The number of benzene rings is 2. The van der Waals surface area contributed by atoms with Crippen molar-refractivity contribution in [1.82, 2.24) is 25.5 Å². The zero-order valence-electron chi connectivity index (χ0n) is 29.7. The number of carbonyl (C=O) groups excluding carboxylic acids is 4. The van der Waals surface area contributed by atoms with Crippen molar-refractivity contribution in [1.29, 1.82) is 0 Å². The molecule has 4 aromatic rings. The SMILES string of the molecule is CC(=O)c1ccc([C@@H](O)[C@@H](CC2CCCCC2)NC(=O)[C@H](Cc2cnc[nH]2)NC(=O)[C@@H](CC(=O)N2CCOCC2)Cc2cccc3ccccc23)o1. The Hall–Kier alpha value is -4.81. The number of nitrogens with one attached hydrogen (secondary N) is 3. The highest BCUT2D eigenvalue weighted by Gasteiger charge is 2.34. The van der Waals surface area contributed by atoms with E-state index in [0.29, 0.717) is 44.8 Å². The van der Waals surface area contributed by atoms with E-state index in [-0.39, 0.29) is 42.0 Å². The molecule has 2 fully saturated rings. The summed E-state index contributed by atoms with van der Waals surface area (Å²) < 4.78 is 11.1. The van der Waals surface area contributed by atoms with Gasteiger partial charge in [-0.3, -0.25) is 19.2 Å². The lowest BCUT2D eigenvalue weighted by molar-refractivity contribution is -0.140. The van der Waals surface area contributed by atoms with Crippen LogP contribution in [-0.2, 0) is 32.0 Å². The Bertz CT molecular complexity index is 1800. The molecular weight excluding hydrogens is 662 g/mol. The van der Waals surface area contributed by atoms with Crippen molar-refractivity contribution in [2.24, 2.45) is 11.8 Å². The van der Waals surface area contributed by atoms with Crippen molar-refractivity contribution >= 4 is 34.3 Å². The van der Waals surface area contributed by atoms with Gasteiger partial charge in [0.25, 0.3) is 0 Å². The minimum atomic E-state index is -1.22.